The first-order chi connectivity index (χ1) is 15.6. The lowest BCUT2D eigenvalue weighted by atomic mass is 10.0. The Morgan fingerprint density at radius 1 is 0.500 bits per heavy atom. The number of halogens is 3. The largest absolute Gasteiger partial charge is 0.460 e. The van der Waals surface area contributed by atoms with Gasteiger partial charge in [-0.3, -0.25) is 0 Å². The van der Waals surface area contributed by atoms with Gasteiger partial charge in [0.2, 0.25) is 0 Å². The van der Waals surface area contributed by atoms with Crippen LogP contribution in [0, 0.1) is 0 Å². The fourth-order valence-corrected chi connectivity index (χ4v) is 4.02. The zero-order valence-corrected chi connectivity index (χ0v) is 20.7. The minimum atomic E-state index is -2.62. The maximum atomic E-state index is 12.5. The third-order valence-electron chi connectivity index (χ3n) is 6.08. The highest BCUT2D eigenvalue weighted by molar-refractivity contribution is 5.86. The van der Waals surface area contributed by atoms with Crippen LogP contribution < -0.4 is 0 Å². The summed E-state index contributed by atoms with van der Waals surface area (Å²) in [7, 11) is 0. The SMILES string of the molecule is CCCCCCCCCCCCCCCCCCCCCCCCOC(=O)C(F)=C(F)F. The molecule has 190 valence electrons. The van der Waals surface area contributed by atoms with Crippen molar-refractivity contribution in [2.75, 3.05) is 6.61 Å². The van der Waals surface area contributed by atoms with Gasteiger partial charge in [-0.05, 0) is 6.42 Å². The van der Waals surface area contributed by atoms with Crippen LogP contribution in [0.5, 0.6) is 0 Å². The zero-order chi connectivity index (χ0) is 23.7. The average Bonchev–Trinajstić information content (AvgIpc) is 2.78. The van der Waals surface area contributed by atoms with Gasteiger partial charge in [0, 0.05) is 0 Å². The van der Waals surface area contributed by atoms with Crippen molar-refractivity contribution >= 4 is 5.97 Å². The topological polar surface area (TPSA) is 26.3 Å². The van der Waals surface area contributed by atoms with Gasteiger partial charge in [-0.25, -0.2) is 4.79 Å². The van der Waals surface area contributed by atoms with E-state index in [2.05, 4.69) is 11.7 Å². The lowest BCUT2D eigenvalue weighted by Crippen LogP contribution is -2.07. The molecule has 0 atom stereocenters. The standard InChI is InChI=1S/C27H49F3O2/c1-2-3-4-5-6-7-8-9-10-11-12-13-14-15-16-17-18-19-20-21-22-23-24-32-27(31)25(28)26(29)30/h2-24H2,1H3. The molecule has 0 aromatic heterocycles. The van der Waals surface area contributed by atoms with E-state index >= 15 is 0 Å². The van der Waals surface area contributed by atoms with E-state index in [4.69, 9.17) is 0 Å². The van der Waals surface area contributed by atoms with E-state index in [1.165, 1.54) is 116 Å². The van der Waals surface area contributed by atoms with Gasteiger partial charge >= 0.3 is 12.0 Å². The number of ether oxygens (including phenoxy) is 1. The molecule has 0 amide bonds. The van der Waals surface area contributed by atoms with Crippen LogP contribution in [0.25, 0.3) is 0 Å². The number of rotatable bonds is 24. The Kier molecular flexibility index (Phi) is 23.9. The molecule has 0 aromatic carbocycles. The third-order valence-corrected chi connectivity index (χ3v) is 6.08. The van der Waals surface area contributed by atoms with Gasteiger partial charge in [-0.15, -0.1) is 0 Å². The molecule has 0 heterocycles. The van der Waals surface area contributed by atoms with Crippen LogP contribution in [0.15, 0.2) is 11.9 Å². The summed E-state index contributed by atoms with van der Waals surface area (Å²) in [5.74, 6) is -3.64. The van der Waals surface area contributed by atoms with E-state index in [0.717, 1.165) is 19.3 Å². The Hall–Kier alpha value is -1.00. The monoisotopic (exact) mass is 462 g/mol. The molecule has 0 radical (unpaired) electrons. The summed E-state index contributed by atoms with van der Waals surface area (Å²) in [6, 6.07) is 0. The van der Waals surface area contributed by atoms with Crippen LogP contribution in [-0.4, -0.2) is 12.6 Å². The van der Waals surface area contributed by atoms with Crippen LogP contribution in [0.2, 0.25) is 0 Å². The maximum absolute atomic E-state index is 12.5. The van der Waals surface area contributed by atoms with E-state index in [-0.39, 0.29) is 6.61 Å². The van der Waals surface area contributed by atoms with E-state index in [1.807, 2.05) is 0 Å². The van der Waals surface area contributed by atoms with Crippen LogP contribution >= 0.6 is 0 Å². The quantitative estimate of drug-likeness (QED) is 0.0810. The summed E-state index contributed by atoms with van der Waals surface area (Å²) in [6.07, 6.45) is 25.8. The highest BCUT2D eigenvalue weighted by atomic mass is 19.3. The Bertz CT molecular complexity index is 448. The predicted octanol–water partition coefficient (Wildman–Crippen LogP) is 10.2. The minimum absolute atomic E-state index is 0.00133. The molecule has 0 aliphatic heterocycles. The van der Waals surface area contributed by atoms with Crippen molar-refractivity contribution in [1.29, 1.82) is 0 Å². The fourth-order valence-electron chi connectivity index (χ4n) is 4.02. The highest BCUT2D eigenvalue weighted by Crippen LogP contribution is 2.15. The molecule has 5 heteroatoms. The molecule has 0 saturated heterocycles. The normalized spacial score (nSPS) is 11.0. The molecule has 0 aromatic rings. The molecule has 0 saturated carbocycles. The van der Waals surface area contributed by atoms with Gasteiger partial charge in [0.05, 0.1) is 6.61 Å². The van der Waals surface area contributed by atoms with Gasteiger partial charge < -0.3 is 4.74 Å². The Morgan fingerprint density at radius 3 is 1.06 bits per heavy atom. The Labute approximate surface area is 195 Å². The lowest BCUT2D eigenvalue weighted by Gasteiger charge is -2.04. The van der Waals surface area contributed by atoms with Crippen molar-refractivity contribution in [3.8, 4) is 0 Å². The molecule has 0 fully saturated rings. The number of esters is 1. The second-order valence-electron chi connectivity index (χ2n) is 9.13. The van der Waals surface area contributed by atoms with Crippen molar-refractivity contribution in [2.24, 2.45) is 0 Å². The van der Waals surface area contributed by atoms with Gasteiger partial charge in [-0.1, -0.05) is 142 Å². The molecule has 0 aliphatic rings. The van der Waals surface area contributed by atoms with Crippen LogP contribution in [0.3, 0.4) is 0 Å². The second kappa shape index (κ2) is 24.6. The van der Waals surface area contributed by atoms with Crippen molar-refractivity contribution in [3.63, 3.8) is 0 Å². The highest BCUT2D eigenvalue weighted by Gasteiger charge is 2.16. The first-order valence-electron chi connectivity index (χ1n) is 13.5. The Morgan fingerprint density at radius 2 is 0.781 bits per heavy atom. The van der Waals surface area contributed by atoms with E-state index in [0.29, 0.717) is 6.42 Å². The van der Waals surface area contributed by atoms with Crippen LogP contribution in [0.1, 0.15) is 148 Å². The van der Waals surface area contributed by atoms with Crippen molar-refractivity contribution in [1.82, 2.24) is 0 Å². The summed E-state index contributed by atoms with van der Waals surface area (Å²) in [6.45, 7) is 2.27. The van der Waals surface area contributed by atoms with Crippen molar-refractivity contribution in [2.45, 2.75) is 148 Å². The molecule has 0 spiro atoms. The second-order valence-corrected chi connectivity index (χ2v) is 9.13. The summed E-state index contributed by atoms with van der Waals surface area (Å²) < 4.78 is 40.7. The Balaban J connectivity index is 3.14. The minimum Gasteiger partial charge on any atom is -0.460 e. The number of carbonyl (C=O) groups excluding carboxylic acids is 1. The molecule has 0 bridgehead atoms. The molecular weight excluding hydrogens is 413 g/mol. The molecule has 2 nitrogen and oxygen atoms in total. The fraction of sp³-hybridized carbons (Fsp3) is 0.889. The van der Waals surface area contributed by atoms with Gasteiger partial charge in [0.25, 0.3) is 5.83 Å². The predicted molar refractivity (Wildman–Crippen MR) is 129 cm³/mol. The van der Waals surface area contributed by atoms with Gasteiger partial charge in [0.15, 0.2) is 0 Å². The van der Waals surface area contributed by atoms with Gasteiger partial charge in [-0.2, -0.15) is 13.2 Å². The summed E-state index contributed by atoms with van der Waals surface area (Å²) >= 11 is 0. The zero-order valence-electron chi connectivity index (χ0n) is 20.7. The molecule has 32 heavy (non-hydrogen) atoms. The number of unbranched alkanes of at least 4 members (excludes halogenated alkanes) is 21. The van der Waals surface area contributed by atoms with Crippen LogP contribution in [-0.2, 0) is 9.53 Å². The number of hydrogen-bond donors (Lipinski definition) is 0. The smallest absolute Gasteiger partial charge is 0.372 e. The molecule has 0 rings (SSSR count). The van der Waals surface area contributed by atoms with Crippen LogP contribution in [0.4, 0.5) is 13.2 Å². The maximum Gasteiger partial charge on any atom is 0.372 e. The van der Waals surface area contributed by atoms with E-state index < -0.39 is 17.9 Å². The molecule has 0 aliphatic carbocycles. The first-order valence-corrected chi connectivity index (χ1v) is 13.5. The third kappa shape index (κ3) is 22.2. The number of hydrogen-bond acceptors (Lipinski definition) is 2. The molecule has 0 unspecified atom stereocenters. The summed E-state index contributed by atoms with van der Waals surface area (Å²) in [4.78, 5) is 10.9. The lowest BCUT2D eigenvalue weighted by molar-refractivity contribution is -0.141. The van der Waals surface area contributed by atoms with E-state index in [9.17, 15) is 18.0 Å². The molecular formula is C27H49F3O2. The van der Waals surface area contributed by atoms with Crippen molar-refractivity contribution in [3.05, 3.63) is 11.9 Å². The summed E-state index contributed by atoms with van der Waals surface area (Å²) in [5.41, 5.74) is 0. The first kappa shape index (κ1) is 31.0. The van der Waals surface area contributed by atoms with Crippen molar-refractivity contribution < 1.29 is 22.7 Å². The molecule has 0 N–H and O–H groups in total. The number of carbonyl (C=O) groups is 1. The summed E-state index contributed by atoms with van der Waals surface area (Å²) in [5, 5.41) is 0. The van der Waals surface area contributed by atoms with Gasteiger partial charge in [0.1, 0.15) is 0 Å². The van der Waals surface area contributed by atoms with E-state index in [1.54, 1.807) is 0 Å². The average molecular weight is 463 g/mol.